The normalized spacial score (nSPS) is 13.0. The molecule has 1 amide bonds. The number of rotatable bonds is 3. The maximum absolute atomic E-state index is 13.0. The van der Waals surface area contributed by atoms with Crippen LogP contribution in [0.4, 0.5) is 19.0 Å². The zero-order chi connectivity index (χ0) is 21.6. The van der Waals surface area contributed by atoms with E-state index in [9.17, 15) is 18.0 Å². The maximum atomic E-state index is 13.0. The lowest BCUT2D eigenvalue weighted by atomic mass is 10.1. The van der Waals surface area contributed by atoms with Gasteiger partial charge in [0.2, 0.25) is 0 Å². The van der Waals surface area contributed by atoms with Crippen molar-refractivity contribution >= 4 is 28.3 Å². The Kier molecular flexibility index (Phi) is 4.52. The molecule has 0 spiro atoms. The van der Waals surface area contributed by atoms with E-state index in [4.69, 9.17) is 5.73 Å². The number of nitrogen functional groups attached to an aromatic ring is 1. The van der Waals surface area contributed by atoms with Gasteiger partial charge in [-0.3, -0.25) is 9.20 Å². The number of carbonyl (C=O) groups is 1. The number of carbonyl (C=O) groups excluding carboxylic acids is 1. The van der Waals surface area contributed by atoms with Gasteiger partial charge in [-0.2, -0.15) is 18.3 Å². The van der Waals surface area contributed by atoms with Crippen LogP contribution in [0.25, 0.3) is 16.6 Å². The van der Waals surface area contributed by atoms with Gasteiger partial charge in [0.1, 0.15) is 11.3 Å². The van der Waals surface area contributed by atoms with Gasteiger partial charge in [-0.25, -0.2) is 9.97 Å². The molecule has 0 fully saturated rings. The predicted octanol–water partition coefficient (Wildman–Crippen LogP) is 3.11. The van der Waals surface area contributed by atoms with Crippen molar-refractivity contribution < 1.29 is 18.0 Å². The van der Waals surface area contributed by atoms with Crippen LogP contribution in [0.1, 0.15) is 34.7 Å². The highest BCUT2D eigenvalue weighted by Crippen LogP contribution is 2.28. The first kappa shape index (κ1) is 19.6. The molecule has 2 N–H and O–H groups in total. The Labute approximate surface area is 168 Å². The minimum Gasteiger partial charge on any atom is -0.382 e. The van der Waals surface area contributed by atoms with Gasteiger partial charge in [0, 0.05) is 12.6 Å². The number of hydrogen-bond acceptors (Lipinski definition) is 6. The fourth-order valence-electron chi connectivity index (χ4n) is 3.10. The lowest BCUT2D eigenvalue weighted by Crippen LogP contribution is -2.30. The van der Waals surface area contributed by atoms with E-state index < -0.39 is 17.9 Å². The summed E-state index contributed by atoms with van der Waals surface area (Å²) in [5.74, 6) is -0.0121. The number of nitrogens with two attached hydrogens (primary N) is 1. The second-order valence-corrected chi connectivity index (χ2v) is 6.78. The van der Waals surface area contributed by atoms with Gasteiger partial charge < -0.3 is 10.6 Å². The molecule has 11 heteroatoms. The molecule has 0 aliphatic carbocycles. The number of aromatic nitrogens is 5. The fraction of sp³-hybridized carbons (Fsp3) is 0.211. The molecule has 0 aliphatic rings. The third-order valence-corrected chi connectivity index (χ3v) is 4.93. The molecule has 0 bridgehead atoms. The van der Waals surface area contributed by atoms with Gasteiger partial charge in [0.05, 0.1) is 35.3 Å². The molecule has 1 unspecified atom stereocenters. The molecule has 3 heterocycles. The van der Waals surface area contributed by atoms with Crippen LogP contribution in [-0.2, 0) is 6.18 Å². The molecular weight excluding hydrogens is 399 g/mol. The second-order valence-electron chi connectivity index (χ2n) is 6.78. The summed E-state index contributed by atoms with van der Waals surface area (Å²) in [5, 5.41) is 6.86. The van der Waals surface area contributed by atoms with E-state index in [0.29, 0.717) is 27.9 Å². The van der Waals surface area contributed by atoms with Crippen LogP contribution < -0.4 is 5.73 Å². The van der Waals surface area contributed by atoms with Crippen LogP contribution in [0.15, 0.2) is 42.9 Å². The van der Waals surface area contributed by atoms with Crippen molar-refractivity contribution in [2.75, 3.05) is 12.8 Å². The average Bonchev–Trinajstić information content (AvgIpc) is 3.22. The third kappa shape index (κ3) is 3.27. The number of hydrogen-bond donors (Lipinski definition) is 1. The maximum Gasteiger partial charge on any atom is 0.435 e. The SMILES string of the molecule is CC(c1ccc(C(F)(F)F)nn1)N(C)C(=O)c1ccc2nc(N)c3cncn3c2c1. The molecule has 3 aromatic heterocycles. The van der Waals surface area contributed by atoms with Gasteiger partial charge in [0.15, 0.2) is 5.69 Å². The molecule has 0 saturated carbocycles. The topological polar surface area (TPSA) is 102 Å². The van der Waals surface area contributed by atoms with Gasteiger partial charge in [-0.1, -0.05) is 0 Å². The van der Waals surface area contributed by atoms with Crippen LogP contribution in [0.3, 0.4) is 0 Å². The number of anilines is 1. The van der Waals surface area contributed by atoms with Crippen molar-refractivity contribution in [1.29, 1.82) is 0 Å². The highest BCUT2D eigenvalue weighted by molar-refractivity contribution is 5.98. The Morgan fingerprint density at radius 1 is 1.17 bits per heavy atom. The summed E-state index contributed by atoms with van der Waals surface area (Å²) < 4.78 is 39.8. The predicted molar refractivity (Wildman–Crippen MR) is 102 cm³/mol. The number of amides is 1. The van der Waals surface area contributed by atoms with Crippen LogP contribution >= 0.6 is 0 Å². The highest BCUT2D eigenvalue weighted by Gasteiger charge is 2.33. The van der Waals surface area contributed by atoms with E-state index in [1.165, 1.54) is 11.0 Å². The van der Waals surface area contributed by atoms with Gasteiger partial charge >= 0.3 is 6.18 Å². The number of fused-ring (bicyclic) bond motifs is 3. The Hall–Kier alpha value is -3.76. The number of nitrogens with zero attached hydrogens (tertiary/aromatic N) is 6. The van der Waals surface area contributed by atoms with Crippen molar-refractivity contribution in [3.63, 3.8) is 0 Å². The quantitative estimate of drug-likeness (QED) is 0.552. The first-order valence-corrected chi connectivity index (χ1v) is 8.86. The van der Waals surface area contributed by atoms with Crippen LogP contribution in [0.2, 0.25) is 0 Å². The highest BCUT2D eigenvalue weighted by atomic mass is 19.4. The van der Waals surface area contributed by atoms with E-state index in [0.717, 1.165) is 6.07 Å². The lowest BCUT2D eigenvalue weighted by Gasteiger charge is -2.24. The van der Waals surface area contributed by atoms with E-state index >= 15 is 0 Å². The number of alkyl halides is 3. The molecule has 8 nitrogen and oxygen atoms in total. The van der Waals surface area contributed by atoms with Crippen LogP contribution in [0, 0.1) is 0 Å². The summed E-state index contributed by atoms with van der Waals surface area (Å²) in [5.41, 5.74) is 7.32. The van der Waals surface area contributed by atoms with E-state index in [2.05, 4.69) is 20.2 Å². The Morgan fingerprint density at radius 3 is 2.60 bits per heavy atom. The average molecular weight is 415 g/mol. The third-order valence-electron chi connectivity index (χ3n) is 4.93. The van der Waals surface area contributed by atoms with E-state index in [1.54, 1.807) is 49.1 Å². The van der Waals surface area contributed by atoms with Crippen molar-refractivity contribution in [2.45, 2.75) is 19.1 Å². The van der Waals surface area contributed by atoms with Crippen molar-refractivity contribution in [2.24, 2.45) is 0 Å². The zero-order valence-electron chi connectivity index (χ0n) is 15.9. The molecule has 1 atom stereocenters. The monoisotopic (exact) mass is 415 g/mol. The Bertz CT molecular complexity index is 1250. The van der Waals surface area contributed by atoms with Gasteiger partial charge in [0.25, 0.3) is 5.91 Å². The minimum atomic E-state index is -4.57. The van der Waals surface area contributed by atoms with Gasteiger partial charge in [-0.05, 0) is 37.3 Å². The largest absolute Gasteiger partial charge is 0.435 e. The summed E-state index contributed by atoms with van der Waals surface area (Å²) in [7, 11) is 1.55. The molecule has 0 aliphatic heterocycles. The minimum absolute atomic E-state index is 0.242. The number of imidazole rings is 1. The summed E-state index contributed by atoms with van der Waals surface area (Å²) in [6.45, 7) is 1.66. The molecule has 4 aromatic rings. The summed E-state index contributed by atoms with van der Waals surface area (Å²) >= 11 is 0. The van der Waals surface area contributed by atoms with Crippen LogP contribution in [0.5, 0.6) is 0 Å². The molecular formula is C19H16F3N7O. The number of benzene rings is 1. The molecule has 1 aromatic carbocycles. The van der Waals surface area contributed by atoms with Crippen LogP contribution in [-0.4, -0.2) is 42.4 Å². The summed E-state index contributed by atoms with van der Waals surface area (Å²) in [6, 6.07) is 6.42. The number of halogens is 3. The molecule has 154 valence electrons. The molecule has 0 saturated heterocycles. The second kappa shape index (κ2) is 6.94. The van der Waals surface area contributed by atoms with E-state index in [-0.39, 0.29) is 11.6 Å². The Morgan fingerprint density at radius 2 is 1.93 bits per heavy atom. The van der Waals surface area contributed by atoms with Crippen molar-refractivity contribution in [3.05, 3.63) is 59.8 Å². The van der Waals surface area contributed by atoms with E-state index in [1.807, 2.05) is 0 Å². The first-order chi connectivity index (χ1) is 14.2. The zero-order valence-corrected chi connectivity index (χ0v) is 15.9. The molecule has 30 heavy (non-hydrogen) atoms. The fourth-order valence-corrected chi connectivity index (χ4v) is 3.10. The summed E-state index contributed by atoms with van der Waals surface area (Å²) in [6.07, 6.45) is -1.42. The van der Waals surface area contributed by atoms with Crippen molar-refractivity contribution in [3.8, 4) is 0 Å². The smallest absolute Gasteiger partial charge is 0.382 e. The van der Waals surface area contributed by atoms with Gasteiger partial charge in [-0.15, -0.1) is 5.10 Å². The molecule has 0 radical (unpaired) electrons. The molecule has 4 rings (SSSR count). The lowest BCUT2D eigenvalue weighted by molar-refractivity contribution is -0.141. The summed E-state index contributed by atoms with van der Waals surface area (Å²) in [4.78, 5) is 22.8. The first-order valence-electron chi connectivity index (χ1n) is 8.86. The standard InChI is InChI=1S/C19H16F3N7O/c1-10(12-5-6-16(27-26-12)19(20,21)22)28(2)18(30)11-3-4-13-14(7-11)29-9-24-8-15(29)17(23)25-13/h3-10H,1-2H3,(H2,23,25). The van der Waals surface area contributed by atoms with Crippen molar-refractivity contribution in [1.82, 2.24) is 29.5 Å². The Balaban J connectivity index is 1.65.